The molecule has 4 N–H and O–H groups in total. The molecule has 2 atom stereocenters. The number of rotatable bonds is 13. The molecular weight excluding hydrogens is 485 g/mol. The topological polar surface area (TPSA) is 123 Å². The molecule has 1 aromatic heterocycles. The summed E-state index contributed by atoms with van der Waals surface area (Å²) >= 11 is 6.02. The van der Waals surface area contributed by atoms with Crippen LogP contribution in [0.1, 0.15) is 55.1 Å². The zero-order valence-electron chi connectivity index (χ0n) is 20.2. The molecule has 0 radical (unpaired) electrons. The Morgan fingerprint density at radius 1 is 1.17 bits per heavy atom. The van der Waals surface area contributed by atoms with Crippen molar-refractivity contribution in [3.8, 4) is 11.1 Å². The maximum Gasteiger partial charge on any atom is 0.322 e. The fraction of sp³-hybridized carbons (Fsp3) is 0.385. The molecule has 2 aromatic carbocycles. The highest BCUT2D eigenvalue weighted by Crippen LogP contribution is 2.26. The molecule has 0 spiro atoms. The number of amides is 1. The van der Waals surface area contributed by atoms with Gasteiger partial charge in [-0.3, -0.25) is 9.59 Å². The van der Waals surface area contributed by atoms with Gasteiger partial charge in [0, 0.05) is 16.6 Å². The van der Waals surface area contributed by atoms with Gasteiger partial charge in [-0.05, 0) is 48.6 Å². The van der Waals surface area contributed by atoms with E-state index in [2.05, 4.69) is 27.7 Å². The quantitative estimate of drug-likeness (QED) is 0.228. The number of aromatic amines is 1. The van der Waals surface area contributed by atoms with E-state index in [4.69, 9.17) is 22.1 Å². The van der Waals surface area contributed by atoms with Gasteiger partial charge in [-0.1, -0.05) is 62.1 Å². The summed E-state index contributed by atoms with van der Waals surface area (Å²) < 4.78 is 19.5. The van der Waals surface area contributed by atoms with Gasteiger partial charge >= 0.3 is 5.97 Å². The lowest BCUT2D eigenvalue weighted by Gasteiger charge is -2.21. The van der Waals surface area contributed by atoms with Crippen molar-refractivity contribution in [1.82, 2.24) is 20.7 Å². The second-order valence-corrected chi connectivity index (χ2v) is 9.06. The lowest BCUT2D eigenvalue weighted by atomic mass is 9.97. The standard InChI is InChI=1S/C26H31ClFN5O3/c1-2-3-4-5-12-36-26(35)23(29)15-20(31-25(34)24-16-30-33-32-24)13-17-6-8-18(9-7-17)21-14-19(27)10-11-22(21)28/h6-11,14,16,20,23H,2-5,12-13,15,29H2,1H3,(H,31,34)(H,30,32,33). The Hall–Kier alpha value is -3.30. The summed E-state index contributed by atoms with van der Waals surface area (Å²) in [7, 11) is 0. The minimum atomic E-state index is -0.904. The molecule has 0 fully saturated rings. The summed E-state index contributed by atoms with van der Waals surface area (Å²) in [5.74, 6) is -1.31. The summed E-state index contributed by atoms with van der Waals surface area (Å²) in [5, 5.41) is 13.2. The summed E-state index contributed by atoms with van der Waals surface area (Å²) in [6.45, 7) is 2.43. The van der Waals surface area contributed by atoms with Crippen LogP contribution < -0.4 is 11.1 Å². The first kappa shape index (κ1) is 27.3. The van der Waals surface area contributed by atoms with Crippen LogP contribution in [0.15, 0.2) is 48.7 Å². The summed E-state index contributed by atoms with van der Waals surface area (Å²) in [4.78, 5) is 25.0. The van der Waals surface area contributed by atoms with Gasteiger partial charge in [-0.2, -0.15) is 15.4 Å². The summed E-state index contributed by atoms with van der Waals surface area (Å²) in [6, 6.07) is 10.2. The van der Waals surface area contributed by atoms with Crippen LogP contribution in [0.4, 0.5) is 4.39 Å². The number of nitrogens with one attached hydrogen (secondary N) is 2. The van der Waals surface area contributed by atoms with E-state index in [1.165, 1.54) is 18.3 Å². The molecule has 10 heteroatoms. The molecule has 8 nitrogen and oxygen atoms in total. The van der Waals surface area contributed by atoms with Crippen molar-refractivity contribution in [3.05, 3.63) is 70.8 Å². The van der Waals surface area contributed by atoms with E-state index in [0.717, 1.165) is 31.2 Å². The van der Waals surface area contributed by atoms with Crippen LogP contribution >= 0.6 is 11.6 Å². The Bertz CT molecular complexity index is 1130. The van der Waals surface area contributed by atoms with Gasteiger partial charge in [-0.25, -0.2) is 4.39 Å². The van der Waals surface area contributed by atoms with Crippen LogP contribution in [0.3, 0.4) is 0 Å². The lowest BCUT2D eigenvalue weighted by molar-refractivity contribution is -0.145. The highest BCUT2D eigenvalue weighted by Gasteiger charge is 2.24. The number of ether oxygens (including phenoxy) is 1. The summed E-state index contributed by atoms with van der Waals surface area (Å²) in [6.07, 6.45) is 5.83. The molecular formula is C26H31ClFN5O3. The van der Waals surface area contributed by atoms with Crippen LogP contribution in [0.5, 0.6) is 0 Å². The van der Waals surface area contributed by atoms with Crippen LogP contribution in [-0.2, 0) is 16.0 Å². The molecule has 0 saturated carbocycles. The number of hydrogen-bond acceptors (Lipinski definition) is 6. The third kappa shape index (κ3) is 8.13. The third-order valence-electron chi connectivity index (χ3n) is 5.74. The molecule has 0 aliphatic heterocycles. The van der Waals surface area contributed by atoms with Crippen molar-refractivity contribution in [2.75, 3.05) is 6.61 Å². The molecule has 1 heterocycles. The molecule has 2 unspecified atom stereocenters. The molecule has 0 aliphatic carbocycles. The molecule has 192 valence electrons. The Balaban J connectivity index is 1.67. The van der Waals surface area contributed by atoms with Crippen LogP contribution in [0.25, 0.3) is 11.1 Å². The molecule has 0 aliphatic rings. The highest BCUT2D eigenvalue weighted by atomic mass is 35.5. The predicted molar refractivity (Wildman–Crippen MR) is 136 cm³/mol. The predicted octanol–water partition coefficient (Wildman–Crippen LogP) is 4.45. The minimum absolute atomic E-state index is 0.124. The number of H-pyrrole nitrogens is 1. The third-order valence-corrected chi connectivity index (χ3v) is 5.98. The number of nitrogens with zero attached hydrogens (tertiary/aromatic N) is 2. The van der Waals surface area contributed by atoms with Crippen molar-refractivity contribution in [1.29, 1.82) is 0 Å². The number of halogens is 2. The second-order valence-electron chi connectivity index (χ2n) is 8.62. The van der Waals surface area contributed by atoms with Gasteiger partial charge in [-0.15, -0.1) is 0 Å². The second kappa shape index (κ2) is 13.7. The Kier molecular flexibility index (Phi) is 10.4. The van der Waals surface area contributed by atoms with Crippen molar-refractivity contribution in [3.63, 3.8) is 0 Å². The summed E-state index contributed by atoms with van der Waals surface area (Å²) in [5.41, 5.74) is 8.18. The SMILES string of the molecule is CCCCCCOC(=O)C(N)CC(Cc1ccc(-c2cc(Cl)ccc2F)cc1)NC(=O)c1cn[nH]n1. The smallest absolute Gasteiger partial charge is 0.322 e. The fourth-order valence-corrected chi connectivity index (χ4v) is 3.97. The van der Waals surface area contributed by atoms with E-state index >= 15 is 0 Å². The van der Waals surface area contributed by atoms with Crippen molar-refractivity contribution in [2.24, 2.45) is 5.73 Å². The number of hydrogen-bond donors (Lipinski definition) is 3. The number of aromatic nitrogens is 3. The van der Waals surface area contributed by atoms with Gasteiger partial charge in [0.15, 0.2) is 5.69 Å². The number of carbonyl (C=O) groups is 2. The molecule has 1 amide bonds. The van der Waals surface area contributed by atoms with Crippen LogP contribution in [0.2, 0.25) is 5.02 Å². The van der Waals surface area contributed by atoms with Gasteiger partial charge in [0.25, 0.3) is 5.91 Å². The van der Waals surface area contributed by atoms with Gasteiger partial charge < -0.3 is 15.8 Å². The van der Waals surface area contributed by atoms with E-state index in [1.807, 2.05) is 12.1 Å². The largest absolute Gasteiger partial charge is 0.465 e. The normalized spacial score (nSPS) is 12.7. The Morgan fingerprint density at radius 2 is 1.94 bits per heavy atom. The van der Waals surface area contributed by atoms with E-state index < -0.39 is 24.0 Å². The fourth-order valence-electron chi connectivity index (χ4n) is 3.80. The number of esters is 1. The monoisotopic (exact) mass is 515 g/mol. The Morgan fingerprint density at radius 3 is 2.64 bits per heavy atom. The Labute approximate surface area is 214 Å². The maximum absolute atomic E-state index is 14.2. The van der Waals surface area contributed by atoms with Crippen LogP contribution in [0, 0.1) is 5.82 Å². The molecule has 0 saturated heterocycles. The first-order chi connectivity index (χ1) is 17.4. The number of nitrogens with two attached hydrogens (primary N) is 1. The van der Waals surface area contributed by atoms with Crippen molar-refractivity contribution in [2.45, 2.75) is 57.5 Å². The van der Waals surface area contributed by atoms with E-state index in [-0.39, 0.29) is 17.9 Å². The van der Waals surface area contributed by atoms with E-state index in [9.17, 15) is 14.0 Å². The number of benzene rings is 2. The van der Waals surface area contributed by atoms with Gasteiger partial charge in [0.1, 0.15) is 11.9 Å². The van der Waals surface area contributed by atoms with Crippen LogP contribution in [-0.4, -0.2) is 46.0 Å². The van der Waals surface area contributed by atoms with E-state index in [0.29, 0.717) is 29.2 Å². The van der Waals surface area contributed by atoms with Gasteiger partial charge in [0.05, 0.1) is 12.8 Å². The number of carbonyl (C=O) groups excluding carboxylic acids is 2. The molecule has 3 rings (SSSR count). The zero-order chi connectivity index (χ0) is 25.9. The highest BCUT2D eigenvalue weighted by molar-refractivity contribution is 6.30. The van der Waals surface area contributed by atoms with Gasteiger partial charge in [0.2, 0.25) is 0 Å². The average Bonchev–Trinajstić information content (AvgIpc) is 3.41. The van der Waals surface area contributed by atoms with E-state index in [1.54, 1.807) is 18.2 Å². The lowest BCUT2D eigenvalue weighted by Crippen LogP contribution is -2.44. The average molecular weight is 516 g/mol. The first-order valence-corrected chi connectivity index (χ1v) is 12.4. The van der Waals surface area contributed by atoms with Crippen molar-refractivity contribution >= 4 is 23.5 Å². The first-order valence-electron chi connectivity index (χ1n) is 12.0. The maximum atomic E-state index is 14.2. The minimum Gasteiger partial charge on any atom is -0.465 e. The zero-order valence-corrected chi connectivity index (χ0v) is 20.9. The molecule has 36 heavy (non-hydrogen) atoms. The molecule has 3 aromatic rings. The van der Waals surface area contributed by atoms with Crippen molar-refractivity contribution < 1.29 is 18.7 Å². The number of unbranched alkanes of at least 4 members (excludes halogenated alkanes) is 3. The molecule has 0 bridgehead atoms.